The molecule has 0 fully saturated rings. The van der Waals surface area contributed by atoms with Gasteiger partial charge < -0.3 is 13.4 Å². The largest absolute Gasteiger partial charge is 0.456 e. The van der Waals surface area contributed by atoms with Crippen LogP contribution in [0.4, 0.5) is 0 Å². The topological polar surface area (TPSA) is 31.2 Å². The van der Waals surface area contributed by atoms with Crippen molar-refractivity contribution in [1.29, 1.82) is 0 Å². The highest BCUT2D eigenvalue weighted by atomic mass is 16.3. The van der Waals surface area contributed by atoms with Crippen LogP contribution in [-0.2, 0) is 0 Å². The molecule has 0 saturated carbocycles. The fourth-order valence-corrected chi connectivity index (χ4v) is 8.05. The maximum atomic E-state index is 6.79. The molecule has 0 bridgehead atoms. The van der Waals surface area contributed by atoms with E-state index in [9.17, 15) is 0 Å². The van der Waals surface area contributed by atoms with Gasteiger partial charge in [0.2, 0.25) is 0 Å². The van der Waals surface area contributed by atoms with E-state index in [1.807, 2.05) is 18.2 Å². The minimum absolute atomic E-state index is 0.865. The predicted molar refractivity (Wildman–Crippen MR) is 212 cm³/mol. The predicted octanol–water partition coefficient (Wildman–Crippen LogP) is 13.6. The van der Waals surface area contributed by atoms with Crippen LogP contribution >= 0.6 is 0 Å². The maximum absolute atomic E-state index is 6.79. The summed E-state index contributed by atoms with van der Waals surface area (Å²) in [4.78, 5) is 0. The molecule has 238 valence electrons. The Labute approximate surface area is 293 Å². The first-order chi connectivity index (χ1) is 25.3. The molecular formula is C48H29NO2. The van der Waals surface area contributed by atoms with Crippen LogP contribution in [0.25, 0.3) is 105 Å². The van der Waals surface area contributed by atoms with Crippen molar-refractivity contribution < 1.29 is 8.83 Å². The van der Waals surface area contributed by atoms with Crippen LogP contribution in [0.3, 0.4) is 0 Å². The van der Waals surface area contributed by atoms with Crippen LogP contribution in [0.5, 0.6) is 0 Å². The number of para-hydroxylation sites is 2. The van der Waals surface area contributed by atoms with Crippen LogP contribution in [0.15, 0.2) is 185 Å². The number of furan rings is 2. The Morgan fingerprint density at radius 3 is 1.63 bits per heavy atom. The van der Waals surface area contributed by atoms with Crippen molar-refractivity contribution in [2.75, 3.05) is 0 Å². The molecule has 0 saturated heterocycles. The van der Waals surface area contributed by atoms with Crippen LogP contribution in [0, 0.1) is 0 Å². The number of hydrogen-bond donors (Lipinski definition) is 0. The summed E-state index contributed by atoms with van der Waals surface area (Å²) in [5, 5.41) is 6.86. The lowest BCUT2D eigenvalue weighted by Gasteiger charge is -2.09. The van der Waals surface area contributed by atoms with E-state index in [1.54, 1.807) is 0 Å². The lowest BCUT2D eigenvalue weighted by molar-refractivity contribution is 0.666. The van der Waals surface area contributed by atoms with Gasteiger partial charge in [-0.3, -0.25) is 0 Å². The highest BCUT2D eigenvalue weighted by molar-refractivity contribution is 6.16. The van der Waals surface area contributed by atoms with Gasteiger partial charge in [-0.15, -0.1) is 0 Å². The molecule has 3 aromatic heterocycles. The zero-order valence-corrected chi connectivity index (χ0v) is 27.5. The second-order valence-corrected chi connectivity index (χ2v) is 13.3. The van der Waals surface area contributed by atoms with Crippen molar-refractivity contribution in [2.45, 2.75) is 0 Å². The van der Waals surface area contributed by atoms with E-state index >= 15 is 0 Å². The van der Waals surface area contributed by atoms with E-state index in [1.165, 1.54) is 33.0 Å². The summed E-state index contributed by atoms with van der Waals surface area (Å²) in [5.41, 5.74) is 13.9. The molecule has 0 atom stereocenters. The molecule has 0 aliphatic heterocycles. The van der Waals surface area contributed by atoms with Gasteiger partial charge in [0, 0.05) is 32.3 Å². The second-order valence-electron chi connectivity index (χ2n) is 13.3. The van der Waals surface area contributed by atoms with Crippen LogP contribution in [0.2, 0.25) is 0 Å². The molecule has 3 nitrogen and oxygen atoms in total. The summed E-state index contributed by atoms with van der Waals surface area (Å²) in [6.45, 7) is 0. The smallest absolute Gasteiger partial charge is 0.159 e. The third-order valence-corrected chi connectivity index (χ3v) is 10.4. The Hall–Kier alpha value is -6.84. The Balaban J connectivity index is 1.15. The van der Waals surface area contributed by atoms with Crippen LogP contribution in [0.1, 0.15) is 0 Å². The lowest BCUT2D eigenvalue weighted by Crippen LogP contribution is -1.94. The van der Waals surface area contributed by atoms with E-state index in [0.29, 0.717) is 0 Å². The van der Waals surface area contributed by atoms with E-state index in [0.717, 1.165) is 71.7 Å². The van der Waals surface area contributed by atoms with Gasteiger partial charge in [0.1, 0.15) is 16.7 Å². The van der Waals surface area contributed by atoms with Crippen LogP contribution in [-0.4, -0.2) is 4.57 Å². The average molecular weight is 652 g/mol. The van der Waals surface area contributed by atoms with Crippen molar-refractivity contribution in [3.05, 3.63) is 176 Å². The fourth-order valence-electron chi connectivity index (χ4n) is 8.05. The molecule has 0 N–H and O–H groups in total. The van der Waals surface area contributed by atoms with E-state index in [2.05, 4.69) is 162 Å². The summed E-state index contributed by atoms with van der Waals surface area (Å²) >= 11 is 0. The van der Waals surface area contributed by atoms with Crippen molar-refractivity contribution in [2.24, 2.45) is 0 Å². The number of aromatic nitrogens is 1. The van der Waals surface area contributed by atoms with Crippen molar-refractivity contribution >= 4 is 65.7 Å². The molecule has 0 aliphatic carbocycles. The van der Waals surface area contributed by atoms with Gasteiger partial charge in [-0.25, -0.2) is 0 Å². The molecule has 3 heteroatoms. The SMILES string of the molecule is c1ccc(-c2ccc3c(c2)c2cc(-c4ccccc4)ccc2n3-c2cccc3c2oc2ccc(-c4cccc5oc6ccccc6c45)cc23)cc1. The summed E-state index contributed by atoms with van der Waals surface area (Å²) in [6.07, 6.45) is 0. The molecule has 51 heavy (non-hydrogen) atoms. The van der Waals surface area contributed by atoms with Gasteiger partial charge >= 0.3 is 0 Å². The molecule has 0 aliphatic rings. The van der Waals surface area contributed by atoms with E-state index in [4.69, 9.17) is 8.83 Å². The molecule has 11 aromatic rings. The van der Waals surface area contributed by atoms with Gasteiger partial charge in [0.15, 0.2) is 5.58 Å². The first kappa shape index (κ1) is 28.0. The van der Waals surface area contributed by atoms with Crippen molar-refractivity contribution in [1.82, 2.24) is 4.57 Å². The number of hydrogen-bond acceptors (Lipinski definition) is 2. The highest BCUT2D eigenvalue weighted by Gasteiger charge is 2.20. The minimum Gasteiger partial charge on any atom is -0.456 e. The first-order valence-corrected chi connectivity index (χ1v) is 17.3. The quantitative estimate of drug-likeness (QED) is 0.190. The monoisotopic (exact) mass is 651 g/mol. The number of rotatable bonds is 4. The number of benzene rings is 8. The molecule has 0 spiro atoms. The minimum atomic E-state index is 0.865. The van der Waals surface area contributed by atoms with E-state index in [-0.39, 0.29) is 0 Å². The van der Waals surface area contributed by atoms with Gasteiger partial charge in [-0.2, -0.15) is 0 Å². The Morgan fingerprint density at radius 2 is 0.902 bits per heavy atom. The van der Waals surface area contributed by atoms with Gasteiger partial charge in [-0.05, 0) is 88.0 Å². The molecule has 0 unspecified atom stereocenters. The van der Waals surface area contributed by atoms with Gasteiger partial charge in [0.05, 0.1) is 16.7 Å². The fraction of sp³-hybridized carbons (Fsp3) is 0. The number of nitrogens with zero attached hydrogens (tertiary/aromatic N) is 1. The van der Waals surface area contributed by atoms with Crippen LogP contribution < -0.4 is 0 Å². The highest BCUT2D eigenvalue weighted by Crippen LogP contribution is 2.42. The van der Waals surface area contributed by atoms with Gasteiger partial charge in [0.25, 0.3) is 0 Å². The molecule has 3 heterocycles. The summed E-state index contributed by atoms with van der Waals surface area (Å²) in [5.74, 6) is 0. The number of fused-ring (bicyclic) bond motifs is 9. The average Bonchev–Trinajstić information content (AvgIpc) is 3.87. The van der Waals surface area contributed by atoms with Crippen molar-refractivity contribution in [3.8, 4) is 39.1 Å². The Bertz CT molecular complexity index is 3030. The lowest BCUT2D eigenvalue weighted by atomic mass is 9.98. The Morgan fingerprint density at radius 1 is 0.333 bits per heavy atom. The summed E-state index contributed by atoms with van der Waals surface area (Å²) in [6, 6.07) is 62.5. The standard InChI is InChI=1S/C48H29NO2/c1-3-11-30(12-4-1)32-21-24-41-38(27-32)39-28-33(31-13-5-2-6-14-31)22-25-42(39)49(41)43-18-9-17-36-40-29-34(23-26-45(40)51-48(36)43)35-16-10-20-46-47(35)37-15-7-8-19-44(37)50-46/h1-29H. The van der Waals surface area contributed by atoms with Gasteiger partial charge in [-0.1, -0.05) is 121 Å². The maximum Gasteiger partial charge on any atom is 0.159 e. The molecule has 11 rings (SSSR count). The molecule has 8 aromatic carbocycles. The molecular weight excluding hydrogens is 623 g/mol. The summed E-state index contributed by atoms with van der Waals surface area (Å²) in [7, 11) is 0. The zero-order chi connectivity index (χ0) is 33.5. The zero-order valence-electron chi connectivity index (χ0n) is 27.5. The third kappa shape index (κ3) is 4.25. The molecule has 0 radical (unpaired) electrons. The Kier molecular flexibility index (Phi) is 5.96. The second kappa shape index (κ2) is 10.8. The van der Waals surface area contributed by atoms with Crippen molar-refractivity contribution in [3.63, 3.8) is 0 Å². The third-order valence-electron chi connectivity index (χ3n) is 10.4. The summed E-state index contributed by atoms with van der Waals surface area (Å²) < 4.78 is 15.4. The normalized spacial score (nSPS) is 11.9. The first-order valence-electron chi connectivity index (χ1n) is 17.3. The molecule has 0 amide bonds. The van der Waals surface area contributed by atoms with E-state index < -0.39 is 0 Å².